The molecule has 0 radical (unpaired) electrons. The molecule has 0 amide bonds. The van der Waals surface area contributed by atoms with Gasteiger partial charge in [0.05, 0.1) is 6.26 Å². The molecule has 0 bridgehead atoms. The summed E-state index contributed by atoms with van der Waals surface area (Å²) in [5.74, 6) is 1.80. The van der Waals surface area contributed by atoms with Gasteiger partial charge < -0.3 is 0 Å². The van der Waals surface area contributed by atoms with Crippen LogP contribution in [0.2, 0.25) is 0 Å². The molecular formula is C12H15OS+. The van der Waals surface area contributed by atoms with Gasteiger partial charge in [-0.05, 0) is 17.0 Å². The van der Waals surface area contributed by atoms with Gasteiger partial charge in [0.25, 0.3) is 0 Å². The third kappa shape index (κ3) is 3.38. The molecule has 0 N–H and O–H groups in total. The molecule has 0 spiro atoms. The first-order valence-corrected chi connectivity index (χ1v) is 6.49. The van der Waals surface area contributed by atoms with Crippen LogP contribution in [-0.4, -0.2) is 23.5 Å². The number of Topliss-reactive ketones (excluding diaryl/α,β-unsaturated/α-hetero) is 1. The average Bonchev–Trinajstić information content (AvgIpc) is 2.19. The van der Waals surface area contributed by atoms with E-state index in [1.165, 1.54) is 0 Å². The van der Waals surface area contributed by atoms with Crippen molar-refractivity contribution < 1.29 is 4.79 Å². The maximum Gasteiger partial charge on any atom is 0.211 e. The van der Waals surface area contributed by atoms with Gasteiger partial charge in [0, 0.05) is 5.56 Å². The highest BCUT2D eigenvalue weighted by atomic mass is 32.2. The fourth-order valence-corrected chi connectivity index (χ4v) is 2.33. The van der Waals surface area contributed by atoms with Crippen LogP contribution in [0.5, 0.6) is 0 Å². The van der Waals surface area contributed by atoms with Gasteiger partial charge in [-0.25, -0.2) is 0 Å². The fourth-order valence-electron chi connectivity index (χ4n) is 1.19. The molecule has 0 saturated heterocycles. The van der Waals surface area contributed by atoms with Crippen LogP contribution in [0.4, 0.5) is 0 Å². The number of rotatable bonds is 5. The van der Waals surface area contributed by atoms with Crippen LogP contribution in [-0.2, 0) is 10.9 Å². The fraction of sp³-hybridized carbons (Fsp3) is 0.250. The summed E-state index contributed by atoms with van der Waals surface area (Å²) in [6.45, 7) is 3.68. The summed E-state index contributed by atoms with van der Waals surface area (Å²) in [6, 6.07) is 9.45. The van der Waals surface area contributed by atoms with Crippen LogP contribution >= 0.6 is 0 Å². The van der Waals surface area contributed by atoms with Crippen molar-refractivity contribution in [2.75, 3.05) is 17.8 Å². The van der Waals surface area contributed by atoms with E-state index in [0.717, 1.165) is 11.3 Å². The Balaban J connectivity index is 2.55. The van der Waals surface area contributed by atoms with Crippen molar-refractivity contribution in [3.8, 4) is 0 Å². The summed E-state index contributed by atoms with van der Waals surface area (Å²) in [5, 5.41) is 0. The Morgan fingerprint density at radius 2 is 2.07 bits per heavy atom. The maximum atomic E-state index is 11.7. The lowest BCUT2D eigenvalue weighted by Crippen LogP contribution is -2.17. The number of carbonyl (C=O) groups is 1. The second-order valence-electron chi connectivity index (χ2n) is 3.17. The van der Waals surface area contributed by atoms with Gasteiger partial charge in [-0.1, -0.05) is 36.9 Å². The molecule has 1 unspecified atom stereocenters. The quantitative estimate of drug-likeness (QED) is 0.411. The molecule has 2 heteroatoms. The van der Waals surface area contributed by atoms with Crippen molar-refractivity contribution in [2.24, 2.45) is 0 Å². The molecule has 1 aromatic carbocycles. The molecule has 0 aliphatic heterocycles. The van der Waals surface area contributed by atoms with E-state index in [4.69, 9.17) is 0 Å². The zero-order valence-corrected chi connectivity index (χ0v) is 9.22. The third-order valence-corrected chi connectivity index (χ3v) is 3.44. The summed E-state index contributed by atoms with van der Waals surface area (Å²) >= 11 is 0. The highest BCUT2D eigenvalue weighted by Crippen LogP contribution is 2.03. The highest BCUT2D eigenvalue weighted by molar-refractivity contribution is 7.97. The molecular weight excluding hydrogens is 192 g/mol. The summed E-state index contributed by atoms with van der Waals surface area (Å²) in [6.07, 6.45) is 3.98. The van der Waals surface area contributed by atoms with Crippen LogP contribution in [0.3, 0.4) is 0 Å². The van der Waals surface area contributed by atoms with Crippen LogP contribution in [0.25, 0.3) is 0 Å². The predicted octanol–water partition coefficient (Wildman–Crippen LogP) is 2.30. The van der Waals surface area contributed by atoms with E-state index in [-0.39, 0.29) is 16.7 Å². The Morgan fingerprint density at radius 1 is 1.43 bits per heavy atom. The summed E-state index contributed by atoms with van der Waals surface area (Å²) < 4.78 is 0. The van der Waals surface area contributed by atoms with E-state index < -0.39 is 0 Å². The summed E-state index contributed by atoms with van der Waals surface area (Å²) in [4.78, 5) is 11.7. The number of benzene rings is 1. The van der Waals surface area contributed by atoms with Gasteiger partial charge in [-0.15, -0.1) is 0 Å². The Labute approximate surface area is 88.2 Å². The third-order valence-electron chi connectivity index (χ3n) is 1.88. The first kappa shape index (κ1) is 11.1. The largest absolute Gasteiger partial charge is 0.289 e. The first-order valence-electron chi connectivity index (χ1n) is 4.52. The zero-order valence-electron chi connectivity index (χ0n) is 8.40. The van der Waals surface area contributed by atoms with Gasteiger partial charge in [-0.2, -0.15) is 0 Å². The molecule has 0 aliphatic rings. The number of ketones is 1. The standard InChI is InChI=1S/C12H15OS/c1-3-9-14(2)10-12(13)11-7-5-4-6-8-11/h3-8H,1,9-10H2,2H3/q+1. The average molecular weight is 207 g/mol. The first-order chi connectivity index (χ1) is 6.74. The normalized spacial score (nSPS) is 12.1. The van der Waals surface area contributed by atoms with E-state index >= 15 is 0 Å². The molecule has 1 nitrogen and oxygen atoms in total. The number of hydrogen-bond acceptors (Lipinski definition) is 1. The minimum atomic E-state index is 0.132. The van der Waals surface area contributed by atoms with Gasteiger partial charge in [0.15, 0.2) is 5.75 Å². The predicted molar refractivity (Wildman–Crippen MR) is 64.0 cm³/mol. The maximum absolute atomic E-state index is 11.7. The molecule has 74 valence electrons. The van der Waals surface area contributed by atoms with E-state index in [1.54, 1.807) is 0 Å². The number of carbonyl (C=O) groups excluding carboxylic acids is 1. The summed E-state index contributed by atoms with van der Waals surface area (Å²) in [5.41, 5.74) is 0.816. The zero-order chi connectivity index (χ0) is 10.4. The summed E-state index contributed by atoms with van der Waals surface area (Å²) in [7, 11) is 0.132. The molecule has 0 heterocycles. The van der Waals surface area contributed by atoms with Crippen molar-refractivity contribution in [1.82, 2.24) is 0 Å². The molecule has 0 fully saturated rings. The van der Waals surface area contributed by atoms with Crippen LogP contribution < -0.4 is 0 Å². The highest BCUT2D eigenvalue weighted by Gasteiger charge is 2.16. The van der Waals surface area contributed by atoms with Crippen LogP contribution in [0, 0.1) is 0 Å². The Bertz CT molecular complexity index is 305. The lowest BCUT2D eigenvalue weighted by atomic mass is 10.2. The van der Waals surface area contributed by atoms with Crippen LogP contribution in [0.15, 0.2) is 43.0 Å². The molecule has 0 aromatic heterocycles. The molecule has 1 aromatic rings. The lowest BCUT2D eigenvalue weighted by Gasteiger charge is -2.00. The smallest absolute Gasteiger partial charge is 0.211 e. The molecule has 14 heavy (non-hydrogen) atoms. The SMILES string of the molecule is C=CC[S+](C)CC(=O)c1ccccc1. The van der Waals surface area contributed by atoms with Crippen molar-refractivity contribution in [3.63, 3.8) is 0 Å². The van der Waals surface area contributed by atoms with Gasteiger partial charge in [0.2, 0.25) is 5.78 Å². The second kappa shape index (κ2) is 5.66. The van der Waals surface area contributed by atoms with E-state index in [0.29, 0.717) is 5.75 Å². The van der Waals surface area contributed by atoms with Crippen LogP contribution in [0.1, 0.15) is 10.4 Å². The van der Waals surface area contributed by atoms with Gasteiger partial charge >= 0.3 is 0 Å². The minimum absolute atomic E-state index is 0.132. The van der Waals surface area contributed by atoms with Crippen molar-refractivity contribution >= 4 is 16.7 Å². The van der Waals surface area contributed by atoms with Crippen molar-refractivity contribution in [2.45, 2.75) is 0 Å². The monoisotopic (exact) mass is 207 g/mol. The topological polar surface area (TPSA) is 17.1 Å². The van der Waals surface area contributed by atoms with Crippen molar-refractivity contribution in [1.29, 1.82) is 0 Å². The van der Waals surface area contributed by atoms with Crippen molar-refractivity contribution in [3.05, 3.63) is 48.6 Å². The van der Waals surface area contributed by atoms with E-state index in [2.05, 4.69) is 12.8 Å². The molecule has 0 saturated carbocycles. The Kier molecular flexibility index (Phi) is 4.47. The van der Waals surface area contributed by atoms with Gasteiger partial charge in [0.1, 0.15) is 5.75 Å². The second-order valence-corrected chi connectivity index (χ2v) is 5.36. The molecule has 0 aliphatic carbocycles. The van der Waals surface area contributed by atoms with E-state index in [1.807, 2.05) is 36.4 Å². The minimum Gasteiger partial charge on any atom is -0.289 e. The molecule has 1 rings (SSSR count). The van der Waals surface area contributed by atoms with Gasteiger partial charge in [-0.3, -0.25) is 4.79 Å². The lowest BCUT2D eigenvalue weighted by molar-refractivity contribution is 0.102. The van der Waals surface area contributed by atoms with E-state index in [9.17, 15) is 4.79 Å². The Morgan fingerprint density at radius 3 is 2.64 bits per heavy atom. The molecule has 1 atom stereocenters. The number of hydrogen-bond donors (Lipinski definition) is 0. The Hall–Kier alpha value is -1.02.